The first-order chi connectivity index (χ1) is 11.5. The topological polar surface area (TPSA) is 94.8 Å². The molecule has 122 valence electrons. The van der Waals surface area contributed by atoms with Gasteiger partial charge in [-0.05, 0) is 42.0 Å². The molecule has 0 bridgehead atoms. The van der Waals surface area contributed by atoms with E-state index >= 15 is 0 Å². The standard InChI is InChI=1S/C19H16O5/c20-15-8-4-13(5-9-15)6-10-16(21)12-17(22)11-7-14-2-1-3-18(23)19(14)24/h1-11,20,23-24H,12H2. The monoisotopic (exact) mass is 324 g/mol. The van der Waals surface area contributed by atoms with Crippen LogP contribution in [0, 0.1) is 0 Å². The number of hydrogen-bond donors (Lipinski definition) is 3. The number of allylic oxidation sites excluding steroid dienone is 2. The molecule has 0 fully saturated rings. The van der Waals surface area contributed by atoms with Crippen LogP contribution in [0.25, 0.3) is 12.2 Å². The number of ketones is 2. The summed E-state index contributed by atoms with van der Waals surface area (Å²) in [4.78, 5) is 23.5. The number of carbonyl (C=O) groups is 2. The summed E-state index contributed by atoms with van der Waals surface area (Å²) in [6, 6.07) is 10.7. The van der Waals surface area contributed by atoms with Crippen molar-refractivity contribution in [2.75, 3.05) is 0 Å². The number of para-hydroxylation sites is 1. The number of phenolic OH excluding ortho intramolecular Hbond substituents is 3. The molecule has 5 heteroatoms. The van der Waals surface area contributed by atoms with Crippen molar-refractivity contribution >= 4 is 23.7 Å². The first-order valence-corrected chi connectivity index (χ1v) is 7.17. The predicted molar refractivity (Wildman–Crippen MR) is 90.6 cm³/mol. The van der Waals surface area contributed by atoms with Gasteiger partial charge in [-0.1, -0.05) is 30.3 Å². The maximum atomic E-state index is 11.8. The van der Waals surface area contributed by atoms with Gasteiger partial charge < -0.3 is 15.3 Å². The van der Waals surface area contributed by atoms with Crippen molar-refractivity contribution in [3.8, 4) is 17.2 Å². The summed E-state index contributed by atoms with van der Waals surface area (Å²) < 4.78 is 0. The normalized spacial score (nSPS) is 11.2. The van der Waals surface area contributed by atoms with E-state index in [2.05, 4.69) is 0 Å². The molecule has 0 amide bonds. The van der Waals surface area contributed by atoms with Crippen molar-refractivity contribution in [1.82, 2.24) is 0 Å². The van der Waals surface area contributed by atoms with E-state index < -0.39 is 5.78 Å². The van der Waals surface area contributed by atoms with Crippen LogP contribution in [-0.2, 0) is 9.59 Å². The molecule has 0 unspecified atom stereocenters. The Morgan fingerprint density at radius 1 is 0.833 bits per heavy atom. The summed E-state index contributed by atoms with van der Waals surface area (Å²) in [5.41, 5.74) is 1.02. The van der Waals surface area contributed by atoms with E-state index in [1.165, 1.54) is 48.6 Å². The van der Waals surface area contributed by atoms with Crippen LogP contribution in [0.2, 0.25) is 0 Å². The van der Waals surface area contributed by atoms with Gasteiger partial charge in [0, 0.05) is 5.56 Å². The predicted octanol–water partition coefficient (Wildman–Crippen LogP) is 3.06. The van der Waals surface area contributed by atoms with Crippen LogP contribution in [0.1, 0.15) is 17.5 Å². The van der Waals surface area contributed by atoms with Crippen molar-refractivity contribution < 1.29 is 24.9 Å². The number of aromatic hydroxyl groups is 3. The van der Waals surface area contributed by atoms with Crippen LogP contribution < -0.4 is 0 Å². The molecular formula is C19H16O5. The van der Waals surface area contributed by atoms with Crippen molar-refractivity contribution in [3.63, 3.8) is 0 Å². The molecule has 2 aromatic rings. The molecular weight excluding hydrogens is 308 g/mol. The van der Waals surface area contributed by atoms with Crippen molar-refractivity contribution in [2.24, 2.45) is 0 Å². The lowest BCUT2D eigenvalue weighted by Crippen LogP contribution is -2.01. The average molecular weight is 324 g/mol. The summed E-state index contributed by atoms with van der Waals surface area (Å²) >= 11 is 0. The van der Waals surface area contributed by atoms with Crippen molar-refractivity contribution in [1.29, 1.82) is 0 Å². The number of phenols is 3. The first kappa shape index (κ1) is 17.0. The van der Waals surface area contributed by atoms with Gasteiger partial charge in [0.2, 0.25) is 0 Å². The summed E-state index contributed by atoms with van der Waals surface area (Å²) in [6.45, 7) is 0. The van der Waals surface area contributed by atoms with E-state index in [9.17, 15) is 19.8 Å². The number of benzene rings is 2. The lowest BCUT2D eigenvalue weighted by atomic mass is 10.1. The van der Waals surface area contributed by atoms with Gasteiger partial charge in [-0.15, -0.1) is 0 Å². The SMILES string of the molecule is O=C(C=Cc1ccc(O)cc1)CC(=O)C=Cc1cccc(O)c1O. The fourth-order valence-corrected chi connectivity index (χ4v) is 1.93. The van der Waals surface area contributed by atoms with Crippen molar-refractivity contribution in [3.05, 3.63) is 65.7 Å². The Labute approximate surface area is 138 Å². The van der Waals surface area contributed by atoms with Gasteiger partial charge in [0.15, 0.2) is 23.1 Å². The van der Waals surface area contributed by atoms with E-state index in [0.29, 0.717) is 0 Å². The van der Waals surface area contributed by atoms with Gasteiger partial charge in [-0.3, -0.25) is 9.59 Å². The van der Waals surface area contributed by atoms with Crippen LogP contribution in [0.15, 0.2) is 54.6 Å². The lowest BCUT2D eigenvalue weighted by molar-refractivity contribution is -0.121. The van der Waals surface area contributed by atoms with Crippen LogP contribution in [0.4, 0.5) is 0 Å². The summed E-state index contributed by atoms with van der Waals surface area (Å²) in [6.07, 6.45) is 5.07. The minimum Gasteiger partial charge on any atom is -0.508 e. The molecule has 0 spiro atoms. The highest BCUT2D eigenvalue weighted by atomic mass is 16.3. The molecule has 0 saturated heterocycles. The van der Waals surface area contributed by atoms with Gasteiger partial charge in [0.25, 0.3) is 0 Å². The minimum atomic E-state index is -0.418. The average Bonchev–Trinajstić information content (AvgIpc) is 2.56. The second-order valence-electron chi connectivity index (χ2n) is 5.08. The molecule has 0 radical (unpaired) electrons. The van der Waals surface area contributed by atoms with E-state index in [4.69, 9.17) is 5.11 Å². The second kappa shape index (κ2) is 7.78. The van der Waals surface area contributed by atoms with Crippen LogP contribution >= 0.6 is 0 Å². The van der Waals surface area contributed by atoms with Gasteiger partial charge >= 0.3 is 0 Å². The Morgan fingerprint density at radius 3 is 2.12 bits per heavy atom. The molecule has 24 heavy (non-hydrogen) atoms. The molecule has 5 nitrogen and oxygen atoms in total. The Hall–Kier alpha value is -3.34. The molecule has 0 aliphatic carbocycles. The second-order valence-corrected chi connectivity index (χ2v) is 5.08. The fourth-order valence-electron chi connectivity index (χ4n) is 1.93. The van der Waals surface area contributed by atoms with Crippen LogP contribution in [0.3, 0.4) is 0 Å². The number of rotatable bonds is 6. The smallest absolute Gasteiger partial charge is 0.164 e. The zero-order valence-electron chi connectivity index (χ0n) is 12.7. The number of carbonyl (C=O) groups excluding carboxylic acids is 2. The minimum absolute atomic E-state index is 0.133. The molecule has 0 aromatic heterocycles. The van der Waals surface area contributed by atoms with Gasteiger partial charge in [-0.25, -0.2) is 0 Å². The molecule has 0 atom stereocenters. The molecule has 0 saturated carbocycles. The Kier molecular flexibility index (Phi) is 5.52. The van der Waals surface area contributed by atoms with E-state index in [1.54, 1.807) is 18.2 Å². The molecule has 2 rings (SSSR count). The highest BCUT2D eigenvalue weighted by Gasteiger charge is 2.06. The molecule has 0 aliphatic heterocycles. The fraction of sp³-hybridized carbons (Fsp3) is 0.0526. The quantitative estimate of drug-likeness (QED) is 0.431. The van der Waals surface area contributed by atoms with Crippen molar-refractivity contribution in [2.45, 2.75) is 6.42 Å². The molecule has 0 aliphatic rings. The summed E-state index contributed by atoms with van der Waals surface area (Å²) in [5.74, 6) is -1.25. The van der Waals surface area contributed by atoms with E-state index in [-0.39, 0.29) is 35.0 Å². The third-order valence-electron chi connectivity index (χ3n) is 3.20. The Balaban J connectivity index is 1.94. The summed E-state index contributed by atoms with van der Waals surface area (Å²) in [5, 5.41) is 28.1. The zero-order chi connectivity index (χ0) is 17.5. The third-order valence-corrected chi connectivity index (χ3v) is 3.20. The Bertz CT molecular complexity index is 801. The van der Waals surface area contributed by atoms with Gasteiger partial charge in [0.1, 0.15) is 5.75 Å². The van der Waals surface area contributed by atoms with E-state index in [1.807, 2.05) is 0 Å². The molecule has 2 aromatic carbocycles. The highest BCUT2D eigenvalue weighted by molar-refractivity contribution is 6.10. The van der Waals surface area contributed by atoms with Crippen LogP contribution in [0.5, 0.6) is 17.2 Å². The third kappa shape index (κ3) is 4.84. The maximum absolute atomic E-state index is 11.8. The van der Waals surface area contributed by atoms with E-state index in [0.717, 1.165) is 5.56 Å². The van der Waals surface area contributed by atoms with Gasteiger partial charge in [0.05, 0.1) is 6.42 Å². The summed E-state index contributed by atoms with van der Waals surface area (Å²) in [7, 11) is 0. The number of hydrogen-bond acceptors (Lipinski definition) is 5. The Morgan fingerprint density at radius 2 is 1.46 bits per heavy atom. The maximum Gasteiger partial charge on any atom is 0.164 e. The largest absolute Gasteiger partial charge is 0.508 e. The molecule has 3 N–H and O–H groups in total. The lowest BCUT2D eigenvalue weighted by Gasteiger charge is -2.00. The first-order valence-electron chi connectivity index (χ1n) is 7.17. The van der Waals surface area contributed by atoms with Gasteiger partial charge in [-0.2, -0.15) is 0 Å². The highest BCUT2D eigenvalue weighted by Crippen LogP contribution is 2.28. The zero-order valence-corrected chi connectivity index (χ0v) is 12.7. The molecule has 0 heterocycles. The van der Waals surface area contributed by atoms with Crippen LogP contribution in [-0.4, -0.2) is 26.9 Å².